The van der Waals surface area contributed by atoms with Crippen molar-refractivity contribution in [1.29, 1.82) is 5.53 Å². The molecule has 4 heteroatoms. The third-order valence-electron chi connectivity index (χ3n) is 2.14. The molecule has 1 aliphatic rings. The highest BCUT2D eigenvalue weighted by molar-refractivity contribution is 4.83. The molecule has 0 aromatic rings. The van der Waals surface area contributed by atoms with Crippen molar-refractivity contribution in [1.82, 2.24) is 5.32 Å². The molecular formula is C8H17N3O. The van der Waals surface area contributed by atoms with Crippen LogP contribution in [-0.4, -0.2) is 32.3 Å². The topological polar surface area (TPSA) is 57.5 Å². The number of hydrogen-bond donors (Lipinski definition) is 2. The second-order valence-corrected chi connectivity index (χ2v) is 3.93. The lowest BCUT2D eigenvalue weighted by atomic mass is 9.88. The van der Waals surface area contributed by atoms with Crippen molar-refractivity contribution >= 4 is 0 Å². The van der Waals surface area contributed by atoms with Crippen molar-refractivity contribution in [2.24, 2.45) is 10.5 Å². The van der Waals surface area contributed by atoms with E-state index in [0.717, 1.165) is 19.8 Å². The van der Waals surface area contributed by atoms with Crippen LogP contribution in [0.5, 0.6) is 0 Å². The van der Waals surface area contributed by atoms with E-state index in [1.54, 1.807) is 0 Å². The Morgan fingerprint density at radius 2 is 2.33 bits per heavy atom. The van der Waals surface area contributed by atoms with Crippen LogP contribution in [0.1, 0.15) is 13.8 Å². The van der Waals surface area contributed by atoms with Crippen LogP contribution >= 0.6 is 0 Å². The second-order valence-electron chi connectivity index (χ2n) is 3.93. The first-order valence-corrected chi connectivity index (χ1v) is 4.31. The van der Waals surface area contributed by atoms with E-state index in [1.807, 2.05) is 6.92 Å². The predicted molar refractivity (Wildman–Crippen MR) is 46.4 cm³/mol. The first-order chi connectivity index (χ1) is 5.66. The molecule has 1 saturated heterocycles. The average molecular weight is 171 g/mol. The molecule has 0 radical (unpaired) electrons. The highest BCUT2D eigenvalue weighted by atomic mass is 16.5. The summed E-state index contributed by atoms with van der Waals surface area (Å²) >= 11 is 0. The molecule has 0 saturated carbocycles. The van der Waals surface area contributed by atoms with Gasteiger partial charge in [-0.25, -0.2) is 5.53 Å². The summed E-state index contributed by atoms with van der Waals surface area (Å²) in [6, 6.07) is 0.305. The summed E-state index contributed by atoms with van der Waals surface area (Å²) in [6.07, 6.45) is 0. The number of nitrogens with zero attached hydrogens (tertiary/aromatic N) is 1. The Hall–Kier alpha value is -0.480. The second kappa shape index (κ2) is 3.96. The third-order valence-corrected chi connectivity index (χ3v) is 2.14. The Morgan fingerprint density at radius 3 is 2.75 bits per heavy atom. The molecule has 0 bridgehead atoms. The maximum absolute atomic E-state index is 6.69. The van der Waals surface area contributed by atoms with E-state index in [0.29, 0.717) is 18.0 Å². The van der Waals surface area contributed by atoms with Gasteiger partial charge in [-0.1, -0.05) is 6.92 Å². The van der Waals surface area contributed by atoms with Gasteiger partial charge in [-0.3, -0.25) is 0 Å². The molecule has 0 amide bonds. The van der Waals surface area contributed by atoms with E-state index in [2.05, 4.69) is 17.4 Å². The molecule has 0 aromatic heterocycles. The molecule has 4 nitrogen and oxygen atoms in total. The van der Waals surface area contributed by atoms with Crippen LogP contribution < -0.4 is 5.32 Å². The van der Waals surface area contributed by atoms with E-state index >= 15 is 0 Å². The molecule has 12 heavy (non-hydrogen) atoms. The minimum absolute atomic E-state index is 0.305. The van der Waals surface area contributed by atoms with Crippen molar-refractivity contribution in [3.05, 3.63) is 0 Å². The lowest BCUT2D eigenvalue weighted by Crippen LogP contribution is -2.49. The zero-order valence-corrected chi connectivity index (χ0v) is 7.76. The summed E-state index contributed by atoms with van der Waals surface area (Å²) in [5.41, 5.74) is 7.00. The van der Waals surface area contributed by atoms with Gasteiger partial charge in [0.2, 0.25) is 0 Å². The molecule has 0 aromatic carbocycles. The number of hydrogen-bond acceptors (Lipinski definition) is 4. The molecular weight excluding hydrogens is 154 g/mol. The van der Waals surface area contributed by atoms with Crippen LogP contribution in [-0.2, 0) is 4.74 Å². The van der Waals surface area contributed by atoms with Crippen LogP contribution in [0.2, 0.25) is 0 Å². The standard InChI is InChI=1S/C8H17N3O/c1-7(3-11-9)10-4-8(2)5-12-6-8/h7,9-10H,3-6H2,1-2H3. The minimum atomic E-state index is 0.305. The molecule has 1 heterocycles. The molecule has 1 fully saturated rings. The number of rotatable bonds is 5. The van der Waals surface area contributed by atoms with Gasteiger partial charge < -0.3 is 10.1 Å². The Labute approximate surface area is 73.2 Å². The Kier molecular flexibility index (Phi) is 3.17. The SMILES string of the molecule is CC(CN=N)NCC1(C)COC1. The summed E-state index contributed by atoms with van der Waals surface area (Å²) in [7, 11) is 0. The lowest BCUT2D eigenvalue weighted by Gasteiger charge is -2.38. The zero-order chi connectivity index (χ0) is 9.03. The summed E-state index contributed by atoms with van der Waals surface area (Å²) in [6.45, 7) is 7.48. The van der Waals surface area contributed by atoms with Crippen molar-refractivity contribution in [3.8, 4) is 0 Å². The van der Waals surface area contributed by atoms with Gasteiger partial charge in [-0.2, -0.15) is 5.11 Å². The van der Waals surface area contributed by atoms with Gasteiger partial charge in [0.1, 0.15) is 0 Å². The van der Waals surface area contributed by atoms with Gasteiger partial charge in [-0.15, -0.1) is 0 Å². The molecule has 1 unspecified atom stereocenters. The molecule has 0 spiro atoms. The summed E-state index contributed by atoms with van der Waals surface area (Å²) in [4.78, 5) is 0. The zero-order valence-electron chi connectivity index (χ0n) is 7.76. The highest BCUT2D eigenvalue weighted by Crippen LogP contribution is 2.25. The smallest absolute Gasteiger partial charge is 0.0746 e. The van der Waals surface area contributed by atoms with E-state index in [9.17, 15) is 0 Å². The Morgan fingerprint density at radius 1 is 1.67 bits per heavy atom. The largest absolute Gasteiger partial charge is 0.380 e. The van der Waals surface area contributed by atoms with Gasteiger partial charge in [0.05, 0.1) is 19.8 Å². The van der Waals surface area contributed by atoms with E-state index < -0.39 is 0 Å². The summed E-state index contributed by atoms with van der Waals surface area (Å²) in [5, 5.41) is 6.67. The van der Waals surface area contributed by atoms with E-state index in [-0.39, 0.29) is 0 Å². The molecule has 1 rings (SSSR count). The fourth-order valence-corrected chi connectivity index (χ4v) is 1.17. The quantitative estimate of drug-likeness (QED) is 0.607. The molecule has 1 atom stereocenters. The normalized spacial score (nSPS) is 22.8. The number of nitrogens with one attached hydrogen (secondary N) is 2. The maximum Gasteiger partial charge on any atom is 0.0746 e. The van der Waals surface area contributed by atoms with Crippen LogP contribution in [0.4, 0.5) is 0 Å². The molecule has 2 N–H and O–H groups in total. The monoisotopic (exact) mass is 171 g/mol. The van der Waals surface area contributed by atoms with Crippen molar-refractivity contribution in [2.45, 2.75) is 19.9 Å². The van der Waals surface area contributed by atoms with Crippen molar-refractivity contribution < 1.29 is 4.74 Å². The molecule has 70 valence electrons. The van der Waals surface area contributed by atoms with Crippen LogP contribution in [0.3, 0.4) is 0 Å². The van der Waals surface area contributed by atoms with Gasteiger partial charge in [0, 0.05) is 18.0 Å². The van der Waals surface area contributed by atoms with Crippen LogP contribution in [0.25, 0.3) is 0 Å². The lowest BCUT2D eigenvalue weighted by molar-refractivity contribution is -0.0997. The van der Waals surface area contributed by atoms with E-state index in [1.165, 1.54) is 0 Å². The van der Waals surface area contributed by atoms with Gasteiger partial charge in [0.25, 0.3) is 0 Å². The average Bonchev–Trinajstić information content (AvgIpc) is 1.98. The first kappa shape index (κ1) is 9.61. The van der Waals surface area contributed by atoms with Gasteiger partial charge >= 0.3 is 0 Å². The third kappa shape index (κ3) is 2.53. The van der Waals surface area contributed by atoms with Gasteiger partial charge in [0.15, 0.2) is 0 Å². The van der Waals surface area contributed by atoms with E-state index in [4.69, 9.17) is 10.3 Å². The summed E-state index contributed by atoms with van der Waals surface area (Å²) in [5.74, 6) is 0. The molecule has 0 aliphatic carbocycles. The predicted octanol–water partition coefficient (Wildman–Crippen LogP) is 1.03. The Bertz CT molecular complexity index is 156. The fourth-order valence-electron chi connectivity index (χ4n) is 1.17. The minimum Gasteiger partial charge on any atom is -0.380 e. The van der Waals surface area contributed by atoms with Crippen molar-refractivity contribution in [2.75, 3.05) is 26.3 Å². The first-order valence-electron chi connectivity index (χ1n) is 4.31. The molecule has 1 aliphatic heterocycles. The fraction of sp³-hybridized carbons (Fsp3) is 1.00. The van der Waals surface area contributed by atoms with Crippen LogP contribution in [0, 0.1) is 10.9 Å². The van der Waals surface area contributed by atoms with Crippen molar-refractivity contribution in [3.63, 3.8) is 0 Å². The maximum atomic E-state index is 6.69. The highest BCUT2D eigenvalue weighted by Gasteiger charge is 2.33. The number of ether oxygens (including phenoxy) is 1. The summed E-state index contributed by atoms with van der Waals surface area (Å²) < 4.78 is 5.13. The Balaban J connectivity index is 2.11. The van der Waals surface area contributed by atoms with Gasteiger partial charge in [-0.05, 0) is 6.92 Å². The van der Waals surface area contributed by atoms with Crippen LogP contribution in [0.15, 0.2) is 5.11 Å².